The Morgan fingerprint density at radius 3 is 2.82 bits per heavy atom. The summed E-state index contributed by atoms with van der Waals surface area (Å²) in [5, 5.41) is 17.8. The average Bonchev–Trinajstić information content (AvgIpc) is 3.14. The maximum absolute atomic E-state index is 12.6. The zero-order valence-electron chi connectivity index (χ0n) is 16.4. The molecule has 9 heteroatoms. The van der Waals surface area contributed by atoms with Gasteiger partial charge in [0.1, 0.15) is 12.3 Å². The van der Waals surface area contributed by atoms with Crippen LogP contribution in [0.15, 0.2) is 41.7 Å². The number of carbonyl (C=O) groups excluding carboxylic acids is 1. The third-order valence-electron chi connectivity index (χ3n) is 4.69. The van der Waals surface area contributed by atoms with Crippen LogP contribution in [-0.2, 0) is 11.8 Å². The maximum Gasteiger partial charge on any atom is 0.246 e. The first-order chi connectivity index (χ1) is 13.5. The minimum atomic E-state index is -0.764. The number of rotatable bonds is 5. The highest BCUT2D eigenvalue weighted by Crippen LogP contribution is 2.24. The van der Waals surface area contributed by atoms with Crippen molar-refractivity contribution < 1.29 is 14.6 Å². The first-order valence-corrected chi connectivity index (χ1v) is 9.09. The molecule has 1 fully saturated rings. The summed E-state index contributed by atoms with van der Waals surface area (Å²) in [6, 6.07) is 7.34. The minimum absolute atomic E-state index is 0.0209. The molecule has 1 amide bonds. The second-order valence-corrected chi connectivity index (χ2v) is 6.52. The van der Waals surface area contributed by atoms with Crippen LogP contribution in [-0.4, -0.2) is 72.0 Å². The molecule has 3 rings (SSSR count). The van der Waals surface area contributed by atoms with E-state index in [0.29, 0.717) is 30.4 Å². The average molecular weight is 386 g/mol. The van der Waals surface area contributed by atoms with Gasteiger partial charge in [0.2, 0.25) is 5.91 Å². The van der Waals surface area contributed by atoms with Crippen molar-refractivity contribution in [2.75, 3.05) is 45.2 Å². The SMILES string of the molecule is CN=C(NCC(O)c1ccccc1OC)N1CCN(c2cnn(C)c2)C(=O)C1. The van der Waals surface area contributed by atoms with Gasteiger partial charge in [-0.1, -0.05) is 18.2 Å². The normalized spacial score (nSPS) is 16.3. The summed E-state index contributed by atoms with van der Waals surface area (Å²) in [6.45, 7) is 1.63. The van der Waals surface area contributed by atoms with Crippen molar-refractivity contribution in [3.8, 4) is 5.75 Å². The van der Waals surface area contributed by atoms with E-state index < -0.39 is 6.10 Å². The smallest absolute Gasteiger partial charge is 0.246 e. The molecular weight excluding hydrogens is 360 g/mol. The molecule has 150 valence electrons. The molecule has 1 saturated heterocycles. The van der Waals surface area contributed by atoms with E-state index in [0.717, 1.165) is 5.69 Å². The number of carbonyl (C=O) groups is 1. The summed E-state index contributed by atoms with van der Waals surface area (Å²) in [5.41, 5.74) is 1.49. The van der Waals surface area contributed by atoms with Gasteiger partial charge in [-0.2, -0.15) is 5.10 Å². The quantitative estimate of drug-likeness (QED) is 0.570. The summed E-state index contributed by atoms with van der Waals surface area (Å²) >= 11 is 0. The van der Waals surface area contributed by atoms with Gasteiger partial charge in [0, 0.05) is 45.5 Å². The molecule has 0 spiro atoms. The van der Waals surface area contributed by atoms with Gasteiger partial charge >= 0.3 is 0 Å². The number of para-hydroxylation sites is 1. The zero-order valence-corrected chi connectivity index (χ0v) is 16.4. The number of aliphatic imine (C=N–C) groups is 1. The molecule has 1 aliphatic heterocycles. The first kappa shape index (κ1) is 19.7. The van der Waals surface area contributed by atoms with Crippen molar-refractivity contribution in [2.45, 2.75) is 6.10 Å². The minimum Gasteiger partial charge on any atom is -0.496 e. The summed E-state index contributed by atoms with van der Waals surface area (Å²) in [5.74, 6) is 1.19. The highest BCUT2D eigenvalue weighted by Gasteiger charge is 2.28. The molecule has 2 heterocycles. The van der Waals surface area contributed by atoms with Gasteiger partial charge in [-0.05, 0) is 6.07 Å². The number of ether oxygens (including phenoxy) is 1. The van der Waals surface area contributed by atoms with Gasteiger partial charge in [-0.3, -0.25) is 14.5 Å². The molecule has 0 radical (unpaired) electrons. The van der Waals surface area contributed by atoms with Gasteiger partial charge in [0.25, 0.3) is 0 Å². The molecular formula is C19H26N6O3. The number of benzene rings is 1. The van der Waals surface area contributed by atoms with Crippen LogP contribution in [0.2, 0.25) is 0 Å². The number of guanidine groups is 1. The van der Waals surface area contributed by atoms with E-state index >= 15 is 0 Å². The van der Waals surface area contributed by atoms with Crippen molar-refractivity contribution in [1.29, 1.82) is 0 Å². The number of nitrogens with one attached hydrogen (secondary N) is 1. The number of methoxy groups -OCH3 is 1. The number of aliphatic hydroxyl groups is 1. The molecule has 1 unspecified atom stereocenters. The van der Waals surface area contributed by atoms with E-state index in [2.05, 4.69) is 15.4 Å². The molecule has 0 aliphatic carbocycles. The van der Waals surface area contributed by atoms with E-state index in [4.69, 9.17) is 4.74 Å². The van der Waals surface area contributed by atoms with Gasteiger partial charge in [0.15, 0.2) is 5.96 Å². The Morgan fingerprint density at radius 2 is 2.18 bits per heavy atom. The number of hydrogen-bond acceptors (Lipinski definition) is 5. The van der Waals surface area contributed by atoms with E-state index in [9.17, 15) is 9.90 Å². The molecule has 28 heavy (non-hydrogen) atoms. The lowest BCUT2D eigenvalue weighted by Crippen LogP contribution is -2.55. The third kappa shape index (κ3) is 4.25. The number of aliphatic hydroxyl groups excluding tert-OH is 1. The van der Waals surface area contributed by atoms with Crippen molar-refractivity contribution in [3.05, 3.63) is 42.2 Å². The van der Waals surface area contributed by atoms with Gasteiger partial charge in [0.05, 0.1) is 25.1 Å². The van der Waals surface area contributed by atoms with Gasteiger partial charge in [-0.15, -0.1) is 0 Å². The Hall–Kier alpha value is -3.07. The molecule has 0 bridgehead atoms. The Bertz CT molecular complexity index is 850. The first-order valence-electron chi connectivity index (χ1n) is 9.09. The maximum atomic E-state index is 12.6. The molecule has 2 N–H and O–H groups in total. The fourth-order valence-corrected chi connectivity index (χ4v) is 3.25. The Labute approximate surface area is 164 Å². The fraction of sp³-hybridized carbons (Fsp3) is 0.421. The third-order valence-corrected chi connectivity index (χ3v) is 4.69. The standard InChI is InChI=1S/C19H26N6O3/c1-20-19(21-11-16(26)15-6-4-5-7-17(15)28-3)24-8-9-25(18(27)13-24)14-10-22-23(2)12-14/h4-7,10,12,16,26H,8-9,11,13H2,1-3H3,(H,20,21). The van der Waals surface area contributed by atoms with Crippen LogP contribution in [0.1, 0.15) is 11.7 Å². The topological polar surface area (TPSA) is 95.2 Å². The second kappa shape index (κ2) is 8.75. The summed E-state index contributed by atoms with van der Waals surface area (Å²) in [4.78, 5) is 20.4. The highest BCUT2D eigenvalue weighted by atomic mass is 16.5. The van der Waals surface area contributed by atoms with Crippen molar-refractivity contribution in [2.24, 2.45) is 12.0 Å². The number of aromatic nitrogens is 2. The predicted octanol–water partition coefficient (Wildman–Crippen LogP) is 0.386. The van der Waals surface area contributed by atoms with Crippen LogP contribution in [0.5, 0.6) is 5.75 Å². The molecule has 1 aliphatic rings. The van der Waals surface area contributed by atoms with Gasteiger partial charge in [-0.25, -0.2) is 0 Å². The highest BCUT2D eigenvalue weighted by molar-refractivity contribution is 5.98. The molecule has 1 atom stereocenters. The van der Waals surface area contributed by atoms with Crippen LogP contribution in [0.4, 0.5) is 5.69 Å². The van der Waals surface area contributed by atoms with Crippen LogP contribution in [0.3, 0.4) is 0 Å². The Morgan fingerprint density at radius 1 is 1.39 bits per heavy atom. The zero-order chi connectivity index (χ0) is 20.1. The number of amides is 1. The van der Waals surface area contributed by atoms with E-state index in [1.54, 1.807) is 29.9 Å². The molecule has 2 aromatic rings. The van der Waals surface area contributed by atoms with Crippen LogP contribution < -0.4 is 15.0 Å². The van der Waals surface area contributed by atoms with E-state index in [1.807, 2.05) is 42.4 Å². The molecule has 9 nitrogen and oxygen atoms in total. The summed E-state index contributed by atoms with van der Waals surface area (Å²) in [7, 11) is 5.06. The van der Waals surface area contributed by atoms with Crippen molar-refractivity contribution in [3.63, 3.8) is 0 Å². The molecule has 0 saturated carbocycles. The number of nitrogens with zero attached hydrogens (tertiary/aromatic N) is 5. The number of hydrogen-bond donors (Lipinski definition) is 2. The Balaban J connectivity index is 1.59. The van der Waals surface area contributed by atoms with Crippen LogP contribution >= 0.6 is 0 Å². The van der Waals surface area contributed by atoms with Crippen molar-refractivity contribution in [1.82, 2.24) is 20.0 Å². The molecule has 1 aromatic carbocycles. The van der Waals surface area contributed by atoms with Crippen LogP contribution in [0.25, 0.3) is 0 Å². The number of piperazine rings is 1. The van der Waals surface area contributed by atoms with E-state index in [1.165, 1.54) is 0 Å². The summed E-state index contributed by atoms with van der Waals surface area (Å²) < 4.78 is 6.98. The lowest BCUT2D eigenvalue weighted by atomic mass is 10.1. The van der Waals surface area contributed by atoms with E-state index in [-0.39, 0.29) is 19.0 Å². The van der Waals surface area contributed by atoms with Gasteiger partial charge < -0.3 is 25.0 Å². The number of aryl methyl sites for hydroxylation is 1. The van der Waals surface area contributed by atoms with Crippen LogP contribution in [0, 0.1) is 0 Å². The monoisotopic (exact) mass is 386 g/mol. The fourth-order valence-electron chi connectivity index (χ4n) is 3.25. The lowest BCUT2D eigenvalue weighted by molar-refractivity contribution is -0.120. The Kier molecular flexibility index (Phi) is 6.15. The van der Waals surface area contributed by atoms with Crippen molar-refractivity contribution >= 4 is 17.6 Å². The number of anilines is 1. The summed E-state index contributed by atoms with van der Waals surface area (Å²) in [6.07, 6.45) is 2.74. The largest absolute Gasteiger partial charge is 0.496 e. The lowest BCUT2D eigenvalue weighted by Gasteiger charge is -2.35. The molecule has 1 aromatic heterocycles. The second-order valence-electron chi connectivity index (χ2n) is 6.52. The predicted molar refractivity (Wildman–Crippen MR) is 106 cm³/mol.